The van der Waals surface area contributed by atoms with Gasteiger partial charge in [0.2, 0.25) is 0 Å². The van der Waals surface area contributed by atoms with Gasteiger partial charge in [-0.25, -0.2) is 0 Å². The molecule has 0 aromatic carbocycles. The highest BCUT2D eigenvalue weighted by Gasteiger charge is 2.29. The van der Waals surface area contributed by atoms with Crippen LogP contribution in [0.25, 0.3) is 0 Å². The number of ether oxygens (including phenoxy) is 1. The van der Waals surface area contributed by atoms with Crippen LogP contribution < -0.4 is 0 Å². The molecule has 6 nitrogen and oxygen atoms in total. The van der Waals surface area contributed by atoms with Crippen molar-refractivity contribution in [2.75, 3.05) is 33.8 Å². The van der Waals surface area contributed by atoms with Crippen molar-refractivity contribution in [2.24, 2.45) is 5.92 Å². The van der Waals surface area contributed by atoms with Crippen LogP contribution in [-0.2, 0) is 19.7 Å². The van der Waals surface area contributed by atoms with Gasteiger partial charge in [-0.1, -0.05) is 13.3 Å². The first-order chi connectivity index (χ1) is 9.41. The third-order valence-corrected chi connectivity index (χ3v) is 5.95. The summed E-state index contributed by atoms with van der Waals surface area (Å²) in [7, 11) is -0.646. The van der Waals surface area contributed by atoms with Crippen LogP contribution in [0.5, 0.6) is 0 Å². The van der Waals surface area contributed by atoms with Gasteiger partial charge in [-0.3, -0.25) is 4.79 Å². The van der Waals surface area contributed by atoms with Crippen LogP contribution >= 0.6 is 0 Å². The van der Waals surface area contributed by atoms with Crippen LogP contribution in [0.1, 0.15) is 39.0 Å². The van der Waals surface area contributed by atoms with Crippen molar-refractivity contribution in [2.45, 2.75) is 39.0 Å². The minimum absolute atomic E-state index is 0.0810. The van der Waals surface area contributed by atoms with E-state index in [4.69, 9.17) is 0 Å². The molecule has 0 spiro atoms. The van der Waals surface area contributed by atoms with Crippen molar-refractivity contribution < 1.29 is 17.9 Å². The van der Waals surface area contributed by atoms with E-state index < -0.39 is 16.2 Å². The normalized spacial score (nSPS) is 21.7. The lowest BCUT2D eigenvalue weighted by atomic mass is 9.98. The Bertz CT molecular complexity index is 411. The fourth-order valence-electron chi connectivity index (χ4n) is 2.44. The molecule has 0 aromatic heterocycles. The van der Waals surface area contributed by atoms with Crippen molar-refractivity contribution in [3.8, 4) is 0 Å². The van der Waals surface area contributed by atoms with E-state index in [0.717, 1.165) is 25.7 Å². The largest absolute Gasteiger partial charge is 0.469 e. The molecule has 1 rings (SSSR count). The van der Waals surface area contributed by atoms with Crippen LogP contribution in [-0.4, -0.2) is 56.8 Å². The average molecular weight is 306 g/mol. The first-order valence-corrected chi connectivity index (χ1v) is 8.59. The third kappa shape index (κ3) is 4.71. The summed E-state index contributed by atoms with van der Waals surface area (Å²) in [6, 6.07) is 0. The maximum Gasteiger partial charge on any atom is 0.306 e. The molecule has 20 heavy (non-hydrogen) atoms. The number of hydrogen-bond acceptors (Lipinski definition) is 4. The molecule has 1 saturated heterocycles. The summed E-state index contributed by atoms with van der Waals surface area (Å²) in [5.41, 5.74) is 0. The quantitative estimate of drug-likeness (QED) is 0.692. The number of methoxy groups -OCH3 is 1. The van der Waals surface area contributed by atoms with Crippen LogP contribution in [0.3, 0.4) is 0 Å². The summed E-state index contributed by atoms with van der Waals surface area (Å²) in [6.45, 7) is 3.45. The Morgan fingerprint density at radius 2 is 2.05 bits per heavy atom. The topological polar surface area (TPSA) is 66.9 Å². The highest BCUT2D eigenvalue weighted by molar-refractivity contribution is 7.86. The van der Waals surface area contributed by atoms with Gasteiger partial charge in [0, 0.05) is 26.7 Å². The lowest BCUT2D eigenvalue weighted by Crippen LogP contribution is -2.43. The molecule has 1 unspecified atom stereocenters. The van der Waals surface area contributed by atoms with Gasteiger partial charge in [-0.2, -0.15) is 17.0 Å². The molecule has 7 heteroatoms. The number of rotatable bonds is 6. The number of esters is 1. The van der Waals surface area contributed by atoms with E-state index in [2.05, 4.69) is 11.7 Å². The zero-order valence-electron chi connectivity index (χ0n) is 12.7. The van der Waals surface area contributed by atoms with Gasteiger partial charge in [0.15, 0.2) is 0 Å². The molecule has 0 aromatic rings. The monoisotopic (exact) mass is 306 g/mol. The summed E-state index contributed by atoms with van der Waals surface area (Å²) >= 11 is 0. The lowest BCUT2D eigenvalue weighted by molar-refractivity contribution is -0.140. The fraction of sp³-hybridized carbons (Fsp3) is 0.923. The van der Waals surface area contributed by atoms with Crippen molar-refractivity contribution >= 4 is 16.2 Å². The number of carbonyl (C=O) groups excluding carboxylic acids is 1. The van der Waals surface area contributed by atoms with Crippen LogP contribution in [0.2, 0.25) is 0 Å². The number of nitrogens with zero attached hydrogens (tertiary/aromatic N) is 2. The highest BCUT2D eigenvalue weighted by atomic mass is 32.2. The maximum atomic E-state index is 12.4. The van der Waals surface area contributed by atoms with Gasteiger partial charge < -0.3 is 4.74 Å². The zero-order chi connectivity index (χ0) is 15.2. The first kappa shape index (κ1) is 17.4. The molecule has 0 N–H and O–H groups in total. The van der Waals surface area contributed by atoms with Crippen molar-refractivity contribution in [1.82, 2.24) is 8.61 Å². The summed E-state index contributed by atoms with van der Waals surface area (Å²) in [5.74, 6) is 0.226. The van der Waals surface area contributed by atoms with Crippen LogP contribution in [0.15, 0.2) is 0 Å². The Hall–Kier alpha value is -0.660. The van der Waals surface area contributed by atoms with E-state index >= 15 is 0 Å². The molecular formula is C13H26N2O4S. The molecule has 118 valence electrons. The fourth-order valence-corrected chi connectivity index (χ4v) is 3.85. The number of carbonyl (C=O) groups is 1. The Morgan fingerprint density at radius 3 is 2.65 bits per heavy atom. The molecule has 0 saturated carbocycles. The van der Waals surface area contributed by atoms with Gasteiger partial charge in [0.05, 0.1) is 13.5 Å². The third-order valence-electron chi connectivity index (χ3n) is 3.96. The maximum absolute atomic E-state index is 12.4. The van der Waals surface area contributed by atoms with E-state index in [1.165, 1.54) is 18.5 Å². The van der Waals surface area contributed by atoms with E-state index in [1.54, 1.807) is 4.31 Å². The summed E-state index contributed by atoms with van der Waals surface area (Å²) in [6.07, 6.45) is 4.10. The van der Waals surface area contributed by atoms with Crippen LogP contribution in [0, 0.1) is 5.92 Å². The van der Waals surface area contributed by atoms with Gasteiger partial charge in [-0.05, 0) is 25.2 Å². The standard InChI is InChI=1S/C13H26N2O4S/c1-4-12-6-5-9-15(11-7-12)20(17,18)14(2)10-8-13(16)19-3/h12H,4-11H2,1-3H3. The Morgan fingerprint density at radius 1 is 1.35 bits per heavy atom. The molecule has 0 amide bonds. The SMILES string of the molecule is CCC1CCCN(S(=O)(=O)N(C)CCC(=O)OC)CC1. The highest BCUT2D eigenvalue weighted by Crippen LogP contribution is 2.22. The zero-order valence-corrected chi connectivity index (χ0v) is 13.5. The second kappa shape index (κ2) is 7.95. The molecule has 1 aliphatic heterocycles. The van der Waals surface area contributed by atoms with Gasteiger partial charge in [0.1, 0.15) is 0 Å². The molecule has 1 fully saturated rings. The van der Waals surface area contributed by atoms with Gasteiger partial charge in [0.25, 0.3) is 10.2 Å². The van der Waals surface area contributed by atoms with E-state index in [-0.39, 0.29) is 13.0 Å². The summed E-state index contributed by atoms with van der Waals surface area (Å²) in [5, 5.41) is 0. The van der Waals surface area contributed by atoms with Crippen molar-refractivity contribution in [3.05, 3.63) is 0 Å². The molecular weight excluding hydrogens is 280 g/mol. The lowest BCUT2D eigenvalue weighted by Gasteiger charge is -2.26. The minimum Gasteiger partial charge on any atom is -0.469 e. The van der Waals surface area contributed by atoms with E-state index in [9.17, 15) is 13.2 Å². The second-order valence-electron chi connectivity index (χ2n) is 5.26. The molecule has 1 atom stereocenters. The van der Waals surface area contributed by atoms with Crippen LogP contribution in [0.4, 0.5) is 0 Å². The minimum atomic E-state index is -3.46. The molecule has 0 aliphatic carbocycles. The summed E-state index contributed by atoms with van der Waals surface area (Å²) in [4.78, 5) is 11.1. The molecule has 0 radical (unpaired) electrons. The Labute approximate surface area is 122 Å². The predicted molar refractivity (Wildman–Crippen MR) is 77.4 cm³/mol. The number of hydrogen-bond donors (Lipinski definition) is 0. The average Bonchev–Trinajstić information content (AvgIpc) is 2.69. The first-order valence-electron chi connectivity index (χ1n) is 7.20. The molecule has 0 bridgehead atoms. The van der Waals surface area contributed by atoms with Gasteiger partial charge in [-0.15, -0.1) is 0 Å². The Kier molecular flexibility index (Phi) is 6.91. The van der Waals surface area contributed by atoms with E-state index in [0.29, 0.717) is 19.0 Å². The molecule has 1 heterocycles. The summed E-state index contributed by atoms with van der Waals surface area (Å²) < 4.78 is 32.2. The van der Waals surface area contributed by atoms with Gasteiger partial charge >= 0.3 is 5.97 Å². The predicted octanol–water partition coefficient (Wildman–Crippen LogP) is 1.24. The van der Waals surface area contributed by atoms with Crippen molar-refractivity contribution in [1.29, 1.82) is 0 Å². The second-order valence-corrected chi connectivity index (χ2v) is 7.30. The Balaban J connectivity index is 2.60. The van der Waals surface area contributed by atoms with E-state index in [1.807, 2.05) is 0 Å². The van der Waals surface area contributed by atoms with Crippen molar-refractivity contribution in [3.63, 3.8) is 0 Å². The molecule has 1 aliphatic rings. The smallest absolute Gasteiger partial charge is 0.306 e.